The standard InChI is InChI=1S/C13H18O2/c1-3-13(14)11(2)9-15-10-12-7-5-4-6-8-12/h4-8,11H,3,9-10H2,1-2H3. The van der Waals surface area contributed by atoms with Crippen molar-refractivity contribution in [3.63, 3.8) is 0 Å². The lowest BCUT2D eigenvalue weighted by molar-refractivity contribution is -0.124. The molecular formula is C13H18O2. The Morgan fingerprint density at radius 3 is 2.60 bits per heavy atom. The molecule has 1 unspecified atom stereocenters. The van der Waals surface area contributed by atoms with Gasteiger partial charge in [0, 0.05) is 12.3 Å². The highest BCUT2D eigenvalue weighted by atomic mass is 16.5. The van der Waals surface area contributed by atoms with Gasteiger partial charge in [-0.25, -0.2) is 0 Å². The highest BCUT2D eigenvalue weighted by molar-refractivity contribution is 5.80. The first-order chi connectivity index (χ1) is 7.24. The zero-order chi connectivity index (χ0) is 11.1. The molecule has 0 fully saturated rings. The molecule has 0 radical (unpaired) electrons. The van der Waals surface area contributed by atoms with Crippen LogP contribution in [0.3, 0.4) is 0 Å². The zero-order valence-corrected chi connectivity index (χ0v) is 9.40. The topological polar surface area (TPSA) is 26.3 Å². The maximum Gasteiger partial charge on any atom is 0.137 e. The first-order valence-corrected chi connectivity index (χ1v) is 5.38. The third-order valence-electron chi connectivity index (χ3n) is 2.38. The van der Waals surface area contributed by atoms with Gasteiger partial charge in [0.25, 0.3) is 0 Å². The van der Waals surface area contributed by atoms with Crippen LogP contribution in [0, 0.1) is 5.92 Å². The van der Waals surface area contributed by atoms with Gasteiger partial charge in [-0.15, -0.1) is 0 Å². The van der Waals surface area contributed by atoms with Gasteiger partial charge in [0.1, 0.15) is 5.78 Å². The van der Waals surface area contributed by atoms with Crippen LogP contribution in [0.25, 0.3) is 0 Å². The highest BCUT2D eigenvalue weighted by Crippen LogP contribution is 2.05. The quantitative estimate of drug-likeness (QED) is 0.715. The van der Waals surface area contributed by atoms with Crippen molar-refractivity contribution >= 4 is 5.78 Å². The molecule has 0 spiro atoms. The Morgan fingerprint density at radius 1 is 1.33 bits per heavy atom. The fraction of sp³-hybridized carbons (Fsp3) is 0.462. The molecule has 15 heavy (non-hydrogen) atoms. The number of Topliss-reactive ketones (excluding diaryl/α,β-unsaturated/α-hetero) is 1. The van der Waals surface area contributed by atoms with Crippen LogP contribution in [0.15, 0.2) is 30.3 Å². The van der Waals surface area contributed by atoms with Gasteiger partial charge >= 0.3 is 0 Å². The van der Waals surface area contributed by atoms with Crippen LogP contribution in [0.2, 0.25) is 0 Å². The minimum Gasteiger partial charge on any atom is -0.376 e. The van der Waals surface area contributed by atoms with Crippen LogP contribution in [0.4, 0.5) is 0 Å². The van der Waals surface area contributed by atoms with E-state index in [1.165, 1.54) is 0 Å². The van der Waals surface area contributed by atoms with E-state index in [2.05, 4.69) is 0 Å². The fourth-order valence-electron chi connectivity index (χ4n) is 1.37. The highest BCUT2D eigenvalue weighted by Gasteiger charge is 2.10. The van der Waals surface area contributed by atoms with Gasteiger partial charge in [0.2, 0.25) is 0 Å². The Bertz CT molecular complexity index is 293. The van der Waals surface area contributed by atoms with E-state index in [0.29, 0.717) is 19.6 Å². The molecule has 2 heteroatoms. The maximum absolute atomic E-state index is 11.3. The lowest BCUT2D eigenvalue weighted by atomic mass is 10.1. The molecule has 0 saturated heterocycles. The second kappa shape index (κ2) is 6.36. The molecule has 0 bridgehead atoms. The molecule has 0 aliphatic heterocycles. The lowest BCUT2D eigenvalue weighted by Crippen LogP contribution is -2.15. The van der Waals surface area contributed by atoms with Crippen molar-refractivity contribution in [1.82, 2.24) is 0 Å². The smallest absolute Gasteiger partial charge is 0.137 e. The molecule has 0 aliphatic carbocycles. The van der Waals surface area contributed by atoms with E-state index in [0.717, 1.165) is 5.56 Å². The van der Waals surface area contributed by atoms with Gasteiger partial charge in [-0.3, -0.25) is 4.79 Å². The summed E-state index contributed by atoms with van der Waals surface area (Å²) in [6, 6.07) is 9.99. The molecule has 0 aromatic heterocycles. The van der Waals surface area contributed by atoms with E-state index in [4.69, 9.17) is 4.74 Å². The van der Waals surface area contributed by atoms with Crippen LogP contribution in [-0.2, 0) is 16.1 Å². The van der Waals surface area contributed by atoms with E-state index < -0.39 is 0 Å². The Hall–Kier alpha value is -1.15. The lowest BCUT2D eigenvalue weighted by Gasteiger charge is -2.09. The monoisotopic (exact) mass is 206 g/mol. The number of ether oxygens (including phenoxy) is 1. The third-order valence-corrected chi connectivity index (χ3v) is 2.38. The Labute approximate surface area is 91.3 Å². The van der Waals surface area contributed by atoms with Gasteiger partial charge in [0.05, 0.1) is 13.2 Å². The molecule has 0 N–H and O–H groups in total. The number of rotatable bonds is 6. The molecule has 1 rings (SSSR count). The van der Waals surface area contributed by atoms with Crippen molar-refractivity contribution in [3.8, 4) is 0 Å². The first-order valence-electron chi connectivity index (χ1n) is 5.38. The number of hydrogen-bond acceptors (Lipinski definition) is 2. The Morgan fingerprint density at radius 2 is 2.00 bits per heavy atom. The van der Waals surface area contributed by atoms with E-state index in [-0.39, 0.29) is 11.7 Å². The number of benzene rings is 1. The van der Waals surface area contributed by atoms with Crippen molar-refractivity contribution in [2.75, 3.05) is 6.61 Å². The van der Waals surface area contributed by atoms with Crippen LogP contribution in [-0.4, -0.2) is 12.4 Å². The molecule has 82 valence electrons. The molecule has 0 amide bonds. The largest absolute Gasteiger partial charge is 0.376 e. The second-order valence-electron chi connectivity index (χ2n) is 3.72. The summed E-state index contributed by atoms with van der Waals surface area (Å²) in [6.45, 7) is 4.90. The van der Waals surface area contributed by atoms with Gasteiger partial charge < -0.3 is 4.74 Å². The average Bonchev–Trinajstić information content (AvgIpc) is 2.29. The van der Waals surface area contributed by atoms with Crippen molar-refractivity contribution < 1.29 is 9.53 Å². The third kappa shape index (κ3) is 4.26. The summed E-state index contributed by atoms with van der Waals surface area (Å²) in [5, 5.41) is 0. The molecule has 0 saturated carbocycles. The normalized spacial score (nSPS) is 12.4. The van der Waals surface area contributed by atoms with Crippen molar-refractivity contribution in [3.05, 3.63) is 35.9 Å². The summed E-state index contributed by atoms with van der Waals surface area (Å²) >= 11 is 0. The first kappa shape index (κ1) is 11.9. The van der Waals surface area contributed by atoms with Crippen molar-refractivity contribution in [2.45, 2.75) is 26.9 Å². The molecule has 1 aromatic carbocycles. The summed E-state index contributed by atoms with van der Waals surface area (Å²) in [4.78, 5) is 11.3. The number of carbonyl (C=O) groups excluding carboxylic acids is 1. The predicted molar refractivity (Wildman–Crippen MR) is 60.6 cm³/mol. The van der Waals surface area contributed by atoms with Crippen LogP contribution in [0.1, 0.15) is 25.8 Å². The van der Waals surface area contributed by atoms with E-state index in [1.807, 2.05) is 44.2 Å². The number of ketones is 1. The molecule has 1 aromatic rings. The predicted octanol–water partition coefficient (Wildman–Crippen LogP) is 2.82. The summed E-state index contributed by atoms with van der Waals surface area (Å²) in [7, 11) is 0. The molecular weight excluding hydrogens is 188 g/mol. The number of carbonyl (C=O) groups is 1. The molecule has 2 nitrogen and oxygen atoms in total. The minimum absolute atomic E-state index is 0.0127. The van der Waals surface area contributed by atoms with Gasteiger partial charge in [0.15, 0.2) is 0 Å². The summed E-state index contributed by atoms with van der Waals surface area (Å²) in [5.41, 5.74) is 1.15. The minimum atomic E-state index is 0.0127. The van der Waals surface area contributed by atoms with Gasteiger partial charge in [-0.1, -0.05) is 44.2 Å². The van der Waals surface area contributed by atoms with Crippen LogP contribution in [0.5, 0.6) is 0 Å². The van der Waals surface area contributed by atoms with Gasteiger partial charge in [-0.05, 0) is 5.56 Å². The Kier molecular flexibility index (Phi) is 5.05. The van der Waals surface area contributed by atoms with E-state index in [1.54, 1.807) is 0 Å². The maximum atomic E-state index is 11.3. The molecule has 1 atom stereocenters. The van der Waals surface area contributed by atoms with E-state index in [9.17, 15) is 4.79 Å². The Balaban J connectivity index is 2.25. The SMILES string of the molecule is CCC(=O)C(C)COCc1ccccc1. The van der Waals surface area contributed by atoms with E-state index >= 15 is 0 Å². The fourth-order valence-corrected chi connectivity index (χ4v) is 1.37. The summed E-state index contributed by atoms with van der Waals surface area (Å²) in [5.74, 6) is 0.279. The van der Waals surface area contributed by atoms with Crippen LogP contribution >= 0.6 is 0 Å². The average molecular weight is 206 g/mol. The van der Waals surface area contributed by atoms with Crippen molar-refractivity contribution in [1.29, 1.82) is 0 Å². The second-order valence-corrected chi connectivity index (χ2v) is 3.72. The molecule has 0 aliphatic rings. The molecule has 0 heterocycles. The summed E-state index contributed by atoms with van der Waals surface area (Å²) in [6.07, 6.45) is 0.593. The van der Waals surface area contributed by atoms with Crippen molar-refractivity contribution in [2.24, 2.45) is 5.92 Å². The number of hydrogen-bond donors (Lipinski definition) is 0. The van der Waals surface area contributed by atoms with Gasteiger partial charge in [-0.2, -0.15) is 0 Å². The summed E-state index contributed by atoms with van der Waals surface area (Å²) < 4.78 is 5.48. The van der Waals surface area contributed by atoms with Crippen LogP contribution < -0.4 is 0 Å². The zero-order valence-electron chi connectivity index (χ0n) is 9.40.